The lowest BCUT2D eigenvalue weighted by molar-refractivity contribution is -0.142. The van der Waals surface area contributed by atoms with Crippen LogP contribution in [-0.4, -0.2) is 88.2 Å². The van der Waals surface area contributed by atoms with E-state index in [1.807, 2.05) is 0 Å². The number of hydrogen-bond acceptors (Lipinski definition) is 11. The van der Waals surface area contributed by atoms with Gasteiger partial charge in [0.2, 0.25) is 0 Å². The number of nitrogens with zero attached hydrogens (tertiary/aromatic N) is 5. The van der Waals surface area contributed by atoms with E-state index in [2.05, 4.69) is 20.0 Å². The van der Waals surface area contributed by atoms with E-state index in [-0.39, 0.29) is 5.88 Å². The highest BCUT2D eigenvalue weighted by Crippen LogP contribution is 2.49. The summed E-state index contributed by atoms with van der Waals surface area (Å²) in [7, 11) is 4.85. The van der Waals surface area contributed by atoms with Crippen molar-refractivity contribution in [1.29, 1.82) is 0 Å². The molecule has 2 N–H and O–H groups in total. The van der Waals surface area contributed by atoms with E-state index in [4.69, 9.17) is 41.9 Å². The first-order valence-corrected chi connectivity index (χ1v) is 15.4. The maximum absolute atomic E-state index is 15.7. The topological polar surface area (TPSA) is 133 Å². The first-order chi connectivity index (χ1) is 18.9. The van der Waals surface area contributed by atoms with Crippen molar-refractivity contribution >= 4 is 53.0 Å². The molecule has 0 amide bonds. The standard InChI is InChI=1S/C24H31ClFN6O6PS/c1-14(23(34)35-5)30-39(40,38-16-9-7-6-8-10-16)36-12-24(11-25)19(33)17(26)22(37-24)32-13-27-18-20(31(3)4)28-15(2)29-21(18)32/h6-10,13-14,17,19,22,33H,11-12H2,1-5H3,(H,30,40)/t14-,17-,19+,22-,24-,39-/m1/s1. The number of imidazole rings is 1. The number of carbonyl (C=O) groups excluding carboxylic acids is 1. The normalized spacial score (nSPS) is 24.9. The first-order valence-electron chi connectivity index (χ1n) is 12.2. The minimum atomic E-state index is -3.50. The Kier molecular flexibility index (Phi) is 9.30. The molecule has 3 aromatic rings. The summed E-state index contributed by atoms with van der Waals surface area (Å²) in [6.07, 6.45) is -3.58. The van der Waals surface area contributed by atoms with E-state index in [1.54, 1.807) is 56.3 Å². The minimum Gasteiger partial charge on any atom is -0.468 e. The van der Waals surface area contributed by atoms with Crippen molar-refractivity contribution in [1.82, 2.24) is 24.6 Å². The fourth-order valence-electron chi connectivity index (χ4n) is 4.18. The molecule has 2 aromatic heterocycles. The number of aryl methyl sites for hydroxylation is 1. The SMILES string of the molecule is COC(=O)[C@@H](C)N[P@@](=S)(OC[C@@]1(CCl)O[C@@H](n2cnc3c(N(C)C)nc(C)nc32)[C@H](F)[C@@H]1O)Oc1ccccc1. The highest BCUT2D eigenvalue weighted by molar-refractivity contribution is 8.09. The highest BCUT2D eigenvalue weighted by atomic mass is 35.5. The molecule has 0 unspecified atom stereocenters. The van der Waals surface area contributed by atoms with Crippen LogP contribution in [0.15, 0.2) is 36.7 Å². The fraction of sp³-hybridized carbons (Fsp3) is 0.500. The molecular weight excluding hydrogens is 586 g/mol. The van der Waals surface area contributed by atoms with Crippen LogP contribution in [-0.2, 0) is 30.6 Å². The number of benzene rings is 1. The second-order valence-corrected chi connectivity index (χ2v) is 12.9. The summed E-state index contributed by atoms with van der Waals surface area (Å²) < 4.78 is 40.0. The number of methoxy groups -OCH3 is 1. The third-order valence-electron chi connectivity index (χ3n) is 6.26. The van der Waals surface area contributed by atoms with E-state index in [0.717, 1.165) is 0 Å². The number of rotatable bonds is 11. The Hall–Kier alpha value is -2.45. The minimum absolute atomic E-state index is 0.327. The Balaban J connectivity index is 1.63. The molecule has 1 aromatic carbocycles. The zero-order valence-corrected chi connectivity index (χ0v) is 25.0. The molecule has 1 saturated heterocycles. The molecule has 1 aliphatic rings. The Morgan fingerprint density at radius 3 is 2.70 bits per heavy atom. The zero-order chi connectivity index (χ0) is 29.2. The highest BCUT2D eigenvalue weighted by Gasteiger charge is 2.57. The number of fused-ring (bicyclic) bond motifs is 1. The Morgan fingerprint density at radius 1 is 1.38 bits per heavy atom. The van der Waals surface area contributed by atoms with Gasteiger partial charge in [-0.25, -0.2) is 24.4 Å². The molecule has 6 atom stereocenters. The summed E-state index contributed by atoms with van der Waals surface area (Å²) in [5.41, 5.74) is -0.962. The molecule has 0 spiro atoms. The van der Waals surface area contributed by atoms with Crippen LogP contribution in [0.25, 0.3) is 11.2 Å². The lowest BCUT2D eigenvalue weighted by Gasteiger charge is -2.33. The quantitative estimate of drug-likeness (QED) is 0.186. The number of aliphatic hydroxyl groups is 1. The van der Waals surface area contributed by atoms with Crippen LogP contribution in [0.4, 0.5) is 10.2 Å². The van der Waals surface area contributed by atoms with E-state index in [0.29, 0.717) is 28.6 Å². The molecule has 218 valence electrons. The van der Waals surface area contributed by atoms with Gasteiger partial charge in [0.1, 0.15) is 29.3 Å². The molecule has 0 bridgehead atoms. The maximum atomic E-state index is 15.7. The predicted octanol–water partition coefficient (Wildman–Crippen LogP) is 2.88. The van der Waals surface area contributed by atoms with Crippen molar-refractivity contribution in [3.63, 3.8) is 0 Å². The number of aliphatic hydroxyl groups excluding tert-OH is 1. The number of esters is 1. The van der Waals surface area contributed by atoms with Gasteiger partial charge in [0.05, 0.1) is 25.9 Å². The number of aromatic nitrogens is 4. The molecule has 3 heterocycles. The Morgan fingerprint density at radius 2 is 2.08 bits per heavy atom. The van der Waals surface area contributed by atoms with Crippen LogP contribution < -0.4 is 14.5 Å². The van der Waals surface area contributed by atoms with Crippen LogP contribution in [0.5, 0.6) is 5.75 Å². The van der Waals surface area contributed by atoms with E-state index < -0.39 is 49.4 Å². The average Bonchev–Trinajstić information content (AvgIpc) is 3.45. The number of halogens is 2. The van der Waals surface area contributed by atoms with Gasteiger partial charge in [0, 0.05) is 14.1 Å². The van der Waals surface area contributed by atoms with Gasteiger partial charge in [-0.1, -0.05) is 18.2 Å². The number of anilines is 1. The smallest absolute Gasteiger partial charge is 0.323 e. The van der Waals surface area contributed by atoms with Crippen molar-refractivity contribution in [3.8, 4) is 5.75 Å². The molecule has 1 fully saturated rings. The van der Waals surface area contributed by atoms with E-state index in [9.17, 15) is 9.90 Å². The van der Waals surface area contributed by atoms with Crippen molar-refractivity contribution in [3.05, 3.63) is 42.5 Å². The number of para-hydroxylation sites is 1. The van der Waals surface area contributed by atoms with Gasteiger partial charge in [-0.2, -0.15) is 0 Å². The number of nitrogens with one attached hydrogen (secondary N) is 1. The number of alkyl halides is 2. The van der Waals surface area contributed by atoms with E-state index in [1.165, 1.54) is 24.9 Å². The molecule has 0 saturated carbocycles. The molecular formula is C24H31ClFN6O6PS. The average molecular weight is 617 g/mol. The Bertz CT molecular complexity index is 1400. The van der Waals surface area contributed by atoms with Crippen LogP contribution in [0.3, 0.4) is 0 Å². The summed E-state index contributed by atoms with van der Waals surface area (Å²) in [4.78, 5) is 27.1. The third-order valence-corrected chi connectivity index (χ3v) is 9.19. The van der Waals surface area contributed by atoms with Crippen LogP contribution in [0.1, 0.15) is 19.0 Å². The maximum Gasteiger partial charge on any atom is 0.323 e. The van der Waals surface area contributed by atoms with Crippen LogP contribution in [0.2, 0.25) is 0 Å². The van der Waals surface area contributed by atoms with Gasteiger partial charge in [-0.3, -0.25) is 9.36 Å². The molecule has 40 heavy (non-hydrogen) atoms. The van der Waals surface area contributed by atoms with Crippen molar-refractivity contribution in [2.75, 3.05) is 38.6 Å². The molecule has 4 rings (SSSR count). The van der Waals surface area contributed by atoms with Gasteiger partial charge in [-0.15, -0.1) is 11.6 Å². The second kappa shape index (κ2) is 12.2. The summed E-state index contributed by atoms with van der Waals surface area (Å²) >= 11 is 12.0. The lowest BCUT2D eigenvalue weighted by atomic mass is 9.99. The Labute approximate surface area is 241 Å². The predicted molar refractivity (Wildman–Crippen MR) is 151 cm³/mol. The van der Waals surface area contributed by atoms with Crippen molar-refractivity contribution in [2.24, 2.45) is 0 Å². The van der Waals surface area contributed by atoms with Crippen molar-refractivity contribution < 1.29 is 32.8 Å². The molecule has 12 nitrogen and oxygen atoms in total. The van der Waals surface area contributed by atoms with Gasteiger partial charge in [0.25, 0.3) is 0 Å². The number of ether oxygens (including phenoxy) is 2. The zero-order valence-electron chi connectivity index (χ0n) is 22.5. The third kappa shape index (κ3) is 6.08. The van der Waals surface area contributed by atoms with E-state index >= 15 is 4.39 Å². The van der Waals surface area contributed by atoms with Crippen LogP contribution >= 0.6 is 18.2 Å². The van der Waals surface area contributed by atoms with Crippen molar-refractivity contribution in [2.45, 2.75) is 44.0 Å². The number of carbonyl (C=O) groups is 1. The fourth-order valence-corrected chi connectivity index (χ4v) is 6.91. The van der Waals surface area contributed by atoms with Gasteiger partial charge < -0.3 is 28.5 Å². The summed E-state index contributed by atoms with van der Waals surface area (Å²) in [5, 5.41) is 13.9. The molecule has 0 radical (unpaired) electrons. The largest absolute Gasteiger partial charge is 0.468 e. The summed E-state index contributed by atoms with van der Waals surface area (Å²) in [5.74, 6) is 0.433. The monoisotopic (exact) mass is 616 g/mol. The van der Waals surface area contributed by atoms with Gasteiger partial charge in [0.15, 0.2) is 29.4 Å². The lowest BCUT2D eigenvalue weighted by Crippen LogP contribution is -2.48. The number of hydrogen-bond donors (Lipinski definition) is 2. The molecule has 1 aliphatic heterocycles. The summed E-state index contributed by atoms with van der Waals surface area (Å²) in [6, 6.07) is 7.71. The second-order valence-electron chi connectivity index (χ2n) is 9.46. The molecule has 16 heteroatoms. The van der Waals surface area contributed by atoms with Crippen LogP contribution in [0, 0.1) is 6.92 Å². The summed E-state index contributed by atoms with van der Waals surface area (Å²) in [6.45, 7) is -0.710. The van der Waals surface area contributed by atoms with Gasteiger partial charge >= 0.3 is 12.6 Å². The first kappa shape index (κ1) is 30.5. The van der Waals surface area contributed by atoms with Gasteiger partial charge in [-0.05, 0) is 37.8 Å². The molecule has 0 aliphatic carbocycles.